The number of nitrogens with zero attached hydrogens (tertiary/aromatic N) is 3. The van der Waals surface area contributed by atoms with Crippen molar-refractivity contribution in [3.8, 4) is 0 Å². The Hall–Kier alpha value is -0.900. The second kappa shape index (κ2) is 4.09. The number of hydrogen-bond donors (Lipinski definition) is 1. The van der Waals surface area contributed by atoms with E-state index < -0.39 is 5.60 Å². The van der Waals surface area contributed by atoms with Crippen LogP contribution in [-0.4, -0.2) is 25.7 Å². The summed E-state index contributed by atoms with van der Waals surface area (Å²) in [5, 5.41) is 17.9. The third-order valence-corrected chi connectivity index (χ3v) is 2.06. The van der Waals surface area contributed by atoms with Gasteiger partial charge in [0.15, 0.2) is 0 Å². The first-order chi connectivity index (χ1) is 6.39. The van der Waals surface area contributed by atoms with Gasteiger partial charge in [-0.05, 0) is 19.3 Å². The molecule has 4 heteroatoms. The minimum atomic E-state index is -0.676. The number of rotatable bonds is 4. The molecule has 1 aromatic heterocycles. The molecule has 0 aliphatic carbocycles. The average Bonchev–Trinajstić information content (AvgIpc) is 2.30. The van der Waals surface area contributed by atoms with Gasteiger partial charge in [-0.25, -0.2) is 0 Å². The summed E-state index contributed by atoms with van der Waals surface area (Å²) in [6, 6.07) is 0. The van der Waals surface area contributed by atoms with Crippen LogP contribution in [-0.2, 0) is 13.5 Å². The van der Waals surface area contributed by atoms with E-state index in [-0.39, 0.29) is 0 Å². The number of aromatic nitrogens is 3. The maximum Gasteiger partial charge on any atom is 0.0855 e. The number of aryl methyl sites for hydroxylation is 1. The van der Waals surface area contributed by atoms with Crippen LogP contribution in [0.2, 0.25) is 0 Å². The smallest absolute Gasteiger partial charge is 0.0855 e. The van der Waals surface area contributed by atoms with Crippen molar-refractivity contribution in [1.82, 2.24) is 15.0 Å². The van der Waals surface area contributed by atoms with E-state index in [1.54, 1.807) is 4.68 Å². The van der Waals surface area contributed by atoms with Crippen molar-refractivity contribution >= 4 is 0 Å². The van der Waals surface area contributed by atoms with Crippen molar-refractivity contribution in [2.24, 2.45) is 13.0 Å². The zero-order chi connectivity index (χ0) is 10.8. The Balaban J connectivity index is 2.58. The Morgan fingerprint density at radius 3 is 2.64 bits per heavy atom. The van der Waals surface area contributed by atoms with Crippen LogP contribution in [0.1, 0.15) is 32.9 Å². The Morgan fingerprint density at radius 1 is 1.57 bits per heavy atom. The molecule has 4 nitrogen and oxygen atoms in total. The fourth-order valence-electron chi connectivity index (χ4n) is 1.82. The molecule has 0 fully saturated rings. The predicted molar refractivity (Wildman–Crippen MR) is 54.8 cm³/mol. The monoisotopic (exact) mass is 197 g/mol. The molecule has 1 aromatic rings. The highest BCUT2D eigenvalue weighted by molar-refractivity contribution is 4.98. The van der Waals surface area contributed by atoms with Crippen LogP contribution in [0, 0.1) is 5.92 Å². The molecule has 1 unspecified atom stereocenters. The van der Waals surface area contributed by atoms with E-state index >= 15 is 0 Å². The first-order valence-electron chi connectivity index (χ1n) is 4.96. The predicted octanol–water partition coefficient (Wildman–Crippen LogP) is 1.15. The van der Waals surface area contributed by atoms with Crippen LogP contribution in [0.15, 0.2) is 6.20 Å². The minimum Gasteiger partial charge on any atom is -0.390 e. The quantitative estimate of drug-likeness (QED) is 0.788. The van der Waals surface area contributed by atoms with Gasteiger partial charge in [-0.3, -0.25) is 4.68 Å². The SMILES string of the molecule is CC(C)CC(C)(O)Cc1cn(C)nn1. The molecule has 1 atom stereocenters. The summed E-state index contributed by atoms with van der Waals surface area (Å²) in [4.78, 5) is 0. The molecular formula is C10H19N3O. The van der Waals surface area contributed by atoms with Gasteiger partial charge in [-0.15, -0.1) is 5.10 Å². The van der Waals surface area contributed by atoms with Gasteiger partial charge >= 0.3 is 0 Å². The topological polar surface area (TPSA) is 50.9 Å². The third-order valence-electron chi connectivity index (χ3n) is 2.06. The van der Waals surface area contributed by atoms with Gasteiger partial charge < -0.3 is 5.11 Å². The van der Waals surface area contributed by atoms with Crippen LogP contribution in [0.5, 0.6) is 0 Å². The van der Waals surface area contributed by atoms with Gasteiger partial charge in [0.1, 0.15) is 0 Å². The lowest BCUT2D eigenvalue weighted by molar-refractivity contribution is 0.0379. The van der Waals surface area contributed by atoms with E-state index in [0.29, 0.717) is 12.3 Å². The first-order valence-corrected chi connectivity index (χ1v) is 4.96. The Labute approximate surface area is 84.9 Å². The Bertz CT molecular complexity index is 291. The van der Waals surface area contributed by atoms with Crippen LogP contribution in [0.4, 0.5) is 0 Å². The molecule has 0 saturated heterocycles. The van der Waals surface area contributed by atoms with Gasteiger partial charge in [0.05, 0.1) is 11.3 Å². The van der Waals surface area contributed by atoms with Crippen LogP contribution in [0.25, 0.3) is 0 Å². The fraction of sp³-hybridized carbons (Fsp3) is 0.800. The van der Waals surface area contributed by atoms with Crippen molar-refractivity contribution in [3.05, 3.63) is 11.9 Å². The molecule has 0 aliphatic heterocycles. The maximum atomic E-state index is 10.1. The largest absolute Gasteiger partial charge is 0.390 e. The summed E-state index contributed by atoms with van der Waals surface area (Å²) in [5.74, 6) is 0.488. The molecule has 80 valence electrons. The van der Waals surface area contributed by atoms with Gasteiger partial charge in [0.2, 0.25) is 0 Å². The second-order valence-electron chi connectivity index (χ2n) is 4.66. The second-order valence-corrected chi connectivity index (χ2v) is 4.66. The van der Waals surface area contributed by atoms with E-state index in [9.17, 15) is 5.11 Å². The van der Waals surface area contributed by atoms with Gasteiger partial charge in [0, 0.05) is 19.7 Å². The zero-order valence-corrected chi connectivity index (χ0v) is 9.36. The molecule has 0 amide bonds. The van der Waals surface area contributed by atoms with Crippen molar-refractivity contribution in [1.29, 1.82) is 0 Å². The molecule has 0 aromatic carbocycles. The summed E-state index contributed by atoms with van der Waals surface area (Å²) in [5.41, 5.74) is 0.169. The lowest BCUT2D eigenvalue weighted by atomic mass is 9.90. The highest BCUT2D eigenvalue weighted by atomic mass is 16.3. The van der Waals surface area contributed by atoms with E-state index in [0.717, 1.165) is 12.1 Å². The van der Waals surface area contributed by atoms with Gasteiger partial charge in [0.25, 0.3) is 0 Å². The molecule has 0 saturated carbocycles. The van der Waals surface area contributed by atoms with Gasteiger partial charge in [-0.1, -0.05) is 19.1 Å². The minimum absolute atomic E-state index is 0.488. The zero-order valence-electron chi connectivity index (χ0n) is 9.36. The first kappa shape index (κ1) is 11.2. The molecule has 0 radical (unpaired) electrons. The third kappa shape index (κ3) is 3.46. The summed E-state index contributed by atoms with van der Waals surface area (Å²) >= 11 is 0. The number of hydrogen-bond acceptors (Lipinski definition) is 3. The molecule has 0 spiro atoms. The highest BCUT2D eigenvalue weighted by Gasteiger charge is 2.23. The summed E-state index contributed by atoms with van der Waals surface area (Å²) in [6.45, 7) is 6.05. The Kier molecular flexibility index (Phi) is 3.26. The molecule has 0 aliphatic rings. The van der Waals surface area contributed by atoms with E-state index in [2.05, 4.69) is 24.2 Å². The van der Waals surface area contributed by atoms with Crippen molar-refractivity contribution in [3.63, 3.8) is 0 Å². The average molecular weight is 197 g/mol. The normalized spacial score (nSPS) is 15.9. The van der Waals surface area contributed by atoms with Crippen LogP contribution < -0.4 is 0 Å². The van der Waals surface area contributed by atoms with Crippen molar-refractivity contribution in [2.75, 3.05) is 0 Å². The molecular weight excluding hydrogens is 178 g/mol. The van der Waals surface area contributed by atoms with Crippen molar-refractivity contribution < 1.29 is 5.11 Å². The van der Waals surface area contributed by atoms with E-state index in [1.165, 1.54) is 0 Å². The molecule has 14 heavy (non-hydrogen) atoms. The maximum absolute atomic E-state index is 10.1. The highest BCUT2D eigenvalue weighted by Crippen LogP contribution is 2.20. The molecule has 1 N–H and O–H groups in total. The lowest BCUT2D eigenvalue weighted by Gasteiger charge is -2.23. The Morgan fingerprint density at radius 2 is 2.21 bits per heavy atom. The molecule has 0 bridgehead atoms. The summed E-state index contributed by atoms with van der Waals surface area (Å²) in [7, 11) is 1.83. The van der Waals surface area contributed by atoms with Gasteiger partial charge in [-0.2, -0.15) is 0 Å². The summed E-state index contributed by atoms with van der Waals surface area (Å²) in [6.07, 6.45) is 3.19. The van der Waals surface area contributed by atoms with Crippen LogP contribution in [0.3, 0.4) is 0 Å². The standard InChI is InChI=1S/C10H19N3O/c1-8(2)5-10(3,14)6-9-7-13(4)12-11-9/h7-8,14H,5-6H2,1-4H3. The molecule has 1 heterocycles. The lowest BCUT2D eigenvalue weighted by Crippen LogP contribution is -2.29. The van der Waals surface area contributed by atoms with Crippen molar-refractivity contribution in [2.45, 2.75) is 39.2 Å². The summed E-state index contributed by atoms with van der Waals surface area (Å²) < 4.78 is 1.65. The fourth-order valence-corrected chi connectivity index (χ4v) is 1.82. The number of aliphatic hydroxyl groups is 1. The van der Waals surface area contributed by atoms with E-state index in [1.807, 2.05) is 20.2 Å². The van der Waals surface area contributed by atoms with Crippen LogP contribution >= 0.6 is 0 Å². The molecule has 1 rings (SSSR count). The van der Waals surface area contributed by atoms with E-state index in [4.69, 9.17) is 0 Å².